The van der Waals surface area contributed by atoms with E-state index in [0.29, 0.717) is 6.04 Å². The number of fused-ring (bicyclic) bond motifs is 4. The Morgan fingerprint density at radius 3 is 3.45 bits per heavy atom. The summed E-state index contributed by atoms with van der Waals surface area (Å²) in [5.41, 5.74) is 2.69. The van der Waals surface area contributed by atoms with Gasteiger partial charge in [-0.3, -0.25) is 5.10 Å². The average molecular weight is 149 g/mol. The second-order valence-electron chi connectivity index (χ2n) is 3.49. The van der Waals surface area contributed by atoms with E-state index in [1.807, 2.05) is 6.20 Å². The summed E-state index contributed by atoms with van der Waals surface area (Å²) in [5.74, 6) is 0. The zero-order chi connectivity index (χ0) is 7.26. The Morgan fingerprint density at radius 1 is 1.45 bits per heavy atom. The highest BCUT2D eigenvalue weighted by Crippen LogP contribution is 2.33. The molecule has 0 aromatic carbocycles. The van der Waals surface area contributed by atoms with Crippen molar-refractivity contribution >= 4 is 0 Å². The van der Waals surface area contributed by atoms with E-state index in [1.165, 1.54) is 30.5 Å². The number of rotatable bonds is 0. The lowest BCUT2D eigenvalue weighted by molar-refractivity contribution is 0.508. The Kier molecular flexibility index (Phi) is 0.973. The van der Waals surface area contributed by atoms with Crippen LogP contribution in [-0.2, 0) is 6.42 Å². The lowest BCUT2D eigenvalue weighted by Gasteiger charge is -2.19. The minimum absolute atomic E-state index is 0.551. The predicted octanol–water partition coefficient (Wildman–Crippen LogP) is 0.759. The highest BCUT2D eigenvalue weighted by molar-refractivity contribution is 5.26. The Morgan fingerprint density at radius 2 is 2.45 bits per heavy atom. The van der Waals surface area contributed by atoms with Crippen molar-refractivity contribution in [1.82, 2.24) is 15.5 Å². The smallest absolute Gasteiger partial charge is 0.0824 e. The van der Waals surface area contributed by atoms with E-state index in [4.69, 9.17) is 0 Å². The highest BCUT2D eigenvalue weighted by atomic mass is 15.2. The maximum absolute atomic E-state index is 4.25. The molecular formula is C8H11N3. The first-order chi connectivity index (χ1) is 5.43. The standard InChI is InChI=1S/C8H11N3/c1-2-7-8-5(4-9-11-8)3-6(1)10-7/h4,6-7,10H,1-3H2,(H,9,11). The molecule has 2 bridgehead atoms. The third kappa shape index (κ3) is 0.688. The lowest BCUT2D eigenvalue weighted by Crippen LogP contribution is -2.31. The summed E-state index contributed by atoms with van der Waals surface area (Å²) in [6.45, 7) is 0. The molecule has 1 fully saturated rings. The fraction of sp³-hybridized carbons (Fsp3) is 0.625. The van der Waals surface area contributed by atoms with E-state index in [9.17, 15) is 0 Å². The quantitative estimate of drug-likeness (QED) is 0.571. The Labute approximate surface area is 65.2 Å². The van der Waals surface area contributed by atoms with Gasteiger partial charge in [0.1, 0.15) is 0 Å². The molecular weight excluding hydrogens is 138 g/mol. The van der Waals surface area contributed by atoms with E-state index in [0.717, 1.165) is 6.04 Å². The van der Waals surface area contributed by atoms with Gasteiger partial charge in [0.05, 0.1) is 11.7 Å². The molecule has 1 saturated heterocycles. The van der Waals surface area contributed by atoms with E-state index in [1.54, 1.807) is 0 Å². The number of hydrogen-bond acceptors (Lipinski definition) is 2. The number of nitrogens with one attached hydrogen (secondary N) is 2. The van der Waals surface area contributed by atoms with Crippen LogP contribution in [0.3, 0.4) is 0 Å². The van der Waals surface area contributed by atoms with Gasteiger partial charge in [-0.1, -0.05) is 0 Å². The van der Waals surface area contributed by atoms with Crippen molar-refractivity contribution in [2.75, 3.05) is 0 Å². The highest BCUT2D eigenvalue weighted by Gasteiger charge is 2.33. The summed E-state index contributed by atoms with van der Waals surface area (Å²) in [5, 5.41) is 10.7. The second-order valence-corrected chi connectivity index (χ2v) is 3.49. The summed E-state index contributed by atoms with van der Waals surface area (Å²) >= 11 is 0. The molecule has 3 rings (SSSR count). The van der Waals surface area contributed by atoms with Gasteiger partial charge in [-0.15, -0.1) is 0 Å². The number of aromatic amines is 1. The fourth-order valence-electron chi connectivity index (χ4n) is 2.25. The molecule has 2 atom stereocenters. The molecule has 3 nitrogen and oxygen atoms in total. The minimum atomic E-state index is 0.551. The zero-order valence-electron chi connectivity index (χ0n) is 6.30. The lowest BCUT2D eigenvalue weighted by atomic mass is 10.0. The molecule has 2 N–H and O–H groups in total. The van der Waals surface area contributed by atoms with Crippen molar-refractivity contribution in [3.8, 4) is 0 Å². The van der Waals surface area contributed by atoms with Crippen LogP contribution >= 0.6 is 0 Å². The number of H-pyrrole nitrogens is 1. The largest absolute Gasteiger partial charge is 0.305 e. The Hall–Kier alpha value is -0.830. The molecule has 0 radical (unpaired) electrons. The van der Waals surface area contributed by atoms with Gasteiger partial charge in [0, 0.05) is 12.2 Å². The first kappa shape index (κ1) is 5.77. The van der Waals surface area contributed by atoms with Gasteiger partial charge >= 0.3 is 0 Å². The average Bonchev–Trinajstić information content (AvgIpc) is 2.58. The van der Waals surface area contributed by atoms with E-state index >= 15 is 0 Å². The van der Waals surface area contributed by atoms with Crippen LogP contribution in [-0.4, -0.2) is 16.2 Å². The van der Waals surface area contributed by atoms with E-state index in [-0.39, 0.29) is 0 Å². The molecule has 3 heterocycles. The molecule has 1 aromatic rings. The second kappa shape index (κ2) is 1.85. The van der Waals surface area contributed by atoms with Gasteiger partial charge in [-0.2, -0.15) is 5.10 Å². The molecule has 0 amide bonds. The number of aromatic nitrogens is 2. The Balaban J connectivity index is 2.12. The van der Waals surface area contributed by atoms with E-state index < -0.39 is 0 Å². The van der Waals surface area contributed by atoms with Crippen LogP contribution < -0.4 is 5.32 Å². The van der Waals surface area contributed by atoms with Crippen LogP contribution in [0.4, 0.5) is 0 Å². The van der Waals surface area contributed by atoms with Gasteiger partial charge < -0.3 is 5.32 Å². The first-order valence-corrected chi connectivity index (χ1v) is 4.22. The van der Waals surface area contributed by atoms with Crippen LogP contribution in [0.5, 0.6) is 0 Å². The molecule has 1 aromatic heterocycles. The van der Waals surface area contributed by atoms with Crippen molar-refractivity contribution in [2.24, 2.45) is 0 Å². The van der Waals surface area contributed by atoms with Crippen LogP contribution in [0, 0.1) is 0 Å². The van der Waals surface area contributed by atoms with Gasteiger partial charge in [0.15, 0.2) is 0 Å². The molecule has 3 heteroatoms. The van der Waals surface area contributed by atoms with Crippen molar-refractivity contribution in [1.29, 1.82) is 0 Å². The summed E-state index contributed by atoms with van der Waals surface area (Å²) in [4.78, 5) is 0. The van der Waals surface area contributed by atoms with Gasteiger partial charge in [0.25, 0.3) is 0 Å². The molecule has 0 saturated carbocycles. The van der Waals surface area contributed by atoms with Crippen molar-refractivity contribution < 1.29 is 0 Å². The number of nitrogens with zero attached hydrogens (tertiary/aromatic N) is 1. The maximum atomic E-state index is 4.25. The van der Waals surface area contributed by atoms with Crippen molar-refractivity contribution in [2.45, 2.75) is 31.3 Å². The van der Waals surface area contributed by atoms with Gasteiger partial charge in [-0.25, -0.2) is 0 Å². The monoisotopic (exact) mass is 149 g/mol. The van der Waals surface area contributed by atoms with Crippen molar-refractivity contribution in [3.63, 3.8) is 0 Å². The maximum Gasteiger partial charge on any atom is 0.0824 e. The molecule has 11 heavy (non-hydrogen) atoms. The SMILES string of the molecule is c1[nH]nc2c1CC1CCC2N1. The third-order valence-corrected chi connectivity index (χ3v) is 2.79. The van der Waals surface area contributed by atoms with Crippen molar-refractivity contribution in [3.05, 3.63) is 17.5 Å². The summed E-state index contributed by atoms with van der Waals surface area (Å²) in [6, 6.07) is 1.28. The normalized spacial score (nSPS) is 33.8. The Bertz CT molecular complexity index is 279. The van der Waals surface area contributed by atoms with E-state index in [2.05, 4.69) is 15.5 Å². The zero-order valence-corrected chi connectivity index (χ0v) is 6.30. The summed E-state index contributed by atoms with van der Waals surface area (Å²) in [7, 11) is 0. The summed E-state index contributed by atoms with van der Waals surface area (Å²) < 4.78 is 0. The molecule has 2 aliphatic rings. The van der Waals surface area contributed by atoms with Crippen LogP contribution in [0.15, 0.2) is 6.20 Å². The summed E-state index contributed by atoms with van der Waals surface area (Å²) in [6.07, 6.45) is 5.80. The van der Waals surface area contributed by atoms with Crippen LogP contribution in [0.25, 0.3) is 0 Å². The fourth-order valence-corrected chi connectivity index (χ4v) is 2.25. The van der Waals surface area contributed by atoms with Gasteiger partial charge in [-0.05, 0) is 24.8 Å². The molecule has 0 spiro atoms. The first-order valence-electron chi connectivity index (χ1n) is 4.22. The van der Waals surface area contributed by atoms with Gasteiger partial charge in [0.2, 0.25) is 0 Å². The molecule has 0 aliphatic carbocycles. The third-order valence-electron chi connectivity index (χ3n) is 2.79. The predicted molar refractivity (Wildman–Crippen MR) is 41.2 cm³/mol. The van der Waals surface area contributed by atoms with Crippen LogP contribution in [0.2, 0.25) is 0 Å². The molecule has 2 unspecified atom stereocenters. The molecule has 58 valence electrons. The molecule has 2 aliphatic heterocycles. The van der Waals surface area contributed by atoms with Crippen LogP contribution in [0.1, 0.15) is 30.1 Å². The number of hydrogen-bond donors (Lipinski definition) is 2. The topological polar surface area (TPSA) is 40.7 Å². The minimum Gasteiger partial charge on any atom is -0.305 e.